The Morgan fingerprint density at radius 3 is 2.89 bits per heavy atom. The summed E-state index contributed by atoms with van der Waals surface area (Å²) in [7, 11) is 0. The van der Waals surface area contributed by atoms with E-state index in [9.17, 15) is 4.79 Å². The third kappa shape index (κ3) is 4.25. The summed E-state index contributed by atoms with van der Waals surface area (Å²) in [6.45, 7) is 7.49. The van der Waals surface area contributed by atoms with E-state index in [4.69, 9.17) is 5.26 Å². The first-order valence-corrected chi connectivity index (χ1v) is 6.51. The van der Waals surface area contributed by atoms with Gasteiger partial charge >= 0.3 is 0 Å². The number of amides is 1. The largest absolute Gasteiger partial charge is 0.385 e. The van der Waals surface area contributed by atoms with E-state index in [1.54, 1.807) is 24.1 Å². The molecule has 0 saturated heterocycles. The predicted octanol–water partition coefficient (Wildman–Crippen LogP) is 2.14. The van der Waals surface area contributed by atoms with Gasteiger partial charge in [-0.1, -0.05) is 0 Å². The summed E-state index contributed by atoms with van der Waals surface area (Å²) < 4.78 is 0. The van der Waals surface area contributed by atoms with Crippen LogP contribution in [0.1, 0.15) is 31.3 Å². The minimum absolute atomic E-state index is 0.135. The molecule has 1 aromatic heterocycles. The Morgan fingerprint density at radius 2 is 2.32 bits per heavy atom. The summed E-state index contributed by atoms with van der Waals surface area (Å²) >= 11 is 0. The minimum Gasteiger partial charge on any atom is -0.385 e. The quantitative estimate of drug-likeness (QED) is 0.850. The summed E-state index contributed by atoms with van der Waals surface area (Å²) in [6.07, 6.45) is 1.62. The molecule has 0 bridgehead atoms. The van der Waals surface area contributed by atoms with E-state index < -0.39 is 0 Å². The highest BCUT2D eigenvalue weighted by Crippen LogP contribution is 2.11. The van der Waals surface area contributed by atoms with Gasteiger partial charge in [0.1, 0.15) is 5.69 Å². The molecule has 0 saturated carbocycles. The highest BCUT2D eigenvalue weighted by molar-refractivity contribution is 5.93. The van der Waals surface area contributed by atoms with Crippen molar-refractivity contribution in [3.8, 4) is 6.07 Å². The van der Waals surface area contributed by atoms with Crippen molar-refractivity contribution in [2.24, 2.45) is 5.92 Å². The second-order valence-corrected chi connectivity index (χ2v) is 4.33. The molecule has 0 spiro atoms. The normalized spacial score (nSPS) is 11.5. The van der Waals surface area contributed by atoms with E-state index in [0.29, 0.717) is 18.8 Å². The van der Waals surface area contributed by atoms with E-state index in [2.05, 4.69) is 16.4 Å². The molecule has 0 aliphatic carbocycles. The lowest BCUT2D eigenvalue weighted by Crippen LogP contribution is -2.34. The fourth-order valence-electron chi connectivity index (χ4n) is 1.75. The van der Waals surface area contributed by atoms with Gasteiger partial charge in [-0.15, -0.1) is 0 Å². The van der Waals surface area contributed by atoms with Gasteiger partial charge in [-0.25, -0.2) is 0 Å². The molecule has 1 N–H and O–H groups in total. The Bertz CT molecular complexity index is 467. The molecule has 1 heterocycles. The Kier molecular flexibility index (Phi) is 5.80. The highest BCUT2D eigenvalue weighted by Gasteiger charge is 2.17. The van der Waals surface area contributed by atoms with Crippen LogP contribution in [-0.2, 0) is 0 Å². The molecule has 1 atom stereocenters. The van der Waals surface area contributed by atoms with Gasteiger partial charge in [-0.05, 0) is 32.9 Å². The summed E-state index contributed by atoms with van der Waals surface area (Å²) in [6, 6.07) is 5.71. The van der Waals surface area contributed by atoms with Crippen molar-refractivity contribution in [1.29, 1.82) is 5.26 Å². The first-order valence-electron chi connectivity index (χ1n) is 6.51. The van der Waals surface area contributed by atoms with E-state index in [1.165, 1.54) is 0 Å². The average Bonchev–Trinajstić information content (AvgIpc) is 2.44. The van der Waals surface area contributed by atoms with Crippen LogP contribution in [-0.4, -0.2) is 35.4 Å². The lowest BCUT2D eigenvalue weighted by Gasteiger charge is -2.21. The van der Waals surface area contributed by atoms with Gasteiger partial charge in [0.05, 0.1) is 12.0 Å². The molecular weight excluding hydrogens is 240 g/mol. The molecule has 1 unspecified atom stereocenters. The number of nitriles is 1. The number of rotatable bonds is 6. The fourth-order valence-corrected chi connectivity index (χ4v) is 1.75. The number of carbonyl (C=O) groups is 1. The molecule has 5 heteroatoms. The maximum atomic E-state index is 12.3. The summed E-state index contributed by atoms with van der Waals surface area (Å²) in [5, 5.41) is 12.0. The number of nitrogens with zero attached hydrogens (tertiary/aromatic N) is 3. The van der Waals surface area contributed by atoms with E-state index in [1.807, 2.05) is 19.9 Å². The van der Waals surface area contributed by atoms with Crippen molar-refractivity contribution in [2.75, 3.05) is 25.0 Å². The van der Waals surface area contributed by atoms with Crippen LogP contribution in [0.3, 0.4) is 0 Å². The number of pyridine rings is 1. The Morgan fingerprint density at radius 1 is 1.58 bits per heavy atom. The molecule has 19 heavy (non-hydrogen) atoms. The van der Waals surface area contributed by atoms with Crippen LogP contribution in [0.25, 0.3) is 0 Å². The van der Waals surface area contributed by atoms with Gasteiger partial charge in [0.25, 0.3) is 5.91 Å². The predicted molar refractivity (Wildman–Crippen MR) is 74.8 cm³/mol. The number of anilines is 1. The molecule has 0 aliphatic rings. The van der Waals surface area contributed by atoms with Gasteiger partial charge < -0.3 is 10.2 Å². The van der Waals surface area contributed by atoms with Gasteiger partial charge in [-0.3, -0.25) is 9.78 Å². The zero-order chi connectivity index (χ0) is 14.3. The third-order valence-corrected chi connectivity index (χ3v) is 2.74. The lowest BCUT2D eigenvalue weighted by atomic mass is 10.2. The van der Waals surface area contributed by atoms with Crippen molar-refractivity contribution in [3.63, 3.8) is 0 Å². The van der Waals surface area contributed by atoms with Gasteiger partial charge in [0.2, 0.25) is 0 Å². The first-order chi connectivity index (χ1) is 9.12. The molecule has 5 nitrogen and oxygen atoms in total. The van der Waals surface area contributed by atoms with Crippen molar-refractivity contribution in [1.82, 2.24) is 9.88 Å². The van der Waals surface area contributed by atoms with Gasteiger partial charge in [0, 0.05) is 31.5 Å². The fraction of sp³-hybridized carbons (Fsp3) is 0.500. The Labute approximate surface area is 114 Å². The van der Waals surface area contributed by atoms with E-state index in [-0.39, 0.29) is 11.8 Å². The van der Waals surface area contributed by atoms with Crippen molar-refractivity contribution in [3.05, 3.63) is 24.0 Å². The van der Waals surface area contributed by atoms with Crippen LogP contribution in [0.2, 0.25) is 0 Å². The van der Waals surface area contributed by atoms with Crippen LogP contribution >= 0.6 is 0 Å². The number of aromatic nitrogens is 1. The Hall–Kier alpha value is -2.09. The van der Waals surface area contributed by atoms with Crippen LogP contribution in [0.15, 0.2) is 18.3 Å². The average molecular weight is 260 g/mol. The van der Waals surface area contributed by atoms with Crippen LogP contribution in [0.5, 0.6) is 0 Å². The molecule has 0 radical (unpaired) electrons. The topological polar surface area (TPSA) is 69.0 Å². The maximum absolute atomic E-state index is 12.3. The molecular formula is C14H20N4O. The Balaban J connectivity index is 2.85. The lowest BCUT2D eigenvalue weighted by molar-refractivity contribution is 0.0747. The first kappa shape index (κ1) is 15.0. The monoisotopic (exact) mass is 260 g/mol. The molecule has 102 valence electrons. The van der Waals surface area contributed by atoms with Crippen LogP contribution < -0.4 is 5.32 Å². The molecule has 0 aromatic carbocycles. The maximum Gasteiger partial charge on any atom is 0.272 e. The molecule has 0 aliphatic heterocycles. The van der Waals surface area contributed by atoms with Gasteiger partial charge in [-0.2, -0.15) is 5.26 Å². The smallest absolute Gasteiger partial charge is 0.272 e. The molecule has 0 fully saturated rings. The zero-order valence-corrected chi connectivity index (χ0v) is 11.7. The number of hydrogen-bond donors (Lipinski definition) is 1. The SMILES string of the molecule is CCNc1ccnc(C(=O)N(CC)CC(C)C#N)c1. The highest BCUT2D eigenvalue weighted by atomic mass is 16.2. The number of hydrogen-bond acceptors (Lipinski definition) is 4. The van der Waals surface area contributed by atoms with Crippen LogP contribution in [0.4, 0.5) is 5.69 Å². The zero-order valence-electron chi connectivity index (χ0n) is 11.7. The van der Waals surface area contributed by atoms with Crippen molar-refractivity contribution >= 4 is 11.6 Å². The summed E-state index contributed by atoms with van der Waals surface area (Å²) in [5.74, 6) is -0.315. The second-order valence-electron chi connectivity index (χ2n) is 4.33. The third-order valence-electron chi connectivity index (χ3n) is 2.74. The number of nitrogens with one attached hydrogen (secondary N) is 1. The van der Waals surface area contributed by atoms with E-state index in [0.717, 1.165) is 12.2 Å². The number of carbonyl (C=O) groups excluding carboxylic acids is 1. The standard InChI is InChI=1S/C14H20N4O/c1-4-16-12-6-7-17-13(8-12)14(19)18(5-2)10-11(3)9-15/h6-8,11H,4-5,10H2,1-3H3,(H,16,17). The molecule has 1 aromatic rings. The molecule has 1 rings (SSSR count). The van der Waals surface area contributed by atoms with Crippen molar-refractivity contribution < 1.29 is 4.79 Å². The van der Waals surface area contributed by atoms with Crippen molar-refractivity contribution in [2.45, 2.75) is 20.8 Å². The van der Waals surface area contributed by atoms with Crippen LogP contribution in [0, 0.1) is 17.2 Å². The summed E-state index contributed by atoms with van der Waals surface area (Å²) in [5.41, 5.74) is 1.29. The second kappa shape index (κ2) is 7.37. The minimum atomic E-state index is -0.180. The van der Waals surface area contributed by atoms with E-state index >= 15 is 0 Å². The molecule has 1 amide bonds. The summed E-state index contributed by atoms with van der Waals surface area (Å²) in [4.78, 5) is 18.1. The van der Waals surface area contributed by atoms with Gasteiger partial charge in [0.15, 0.2) is 0 Å².